The number of amides is 3. The Kier molecular flexibility index (Phi) is 12.0. The third-order valence-corrected chi connectivity index (χ3v) is 9.75. The molecule has 2 atom stereocenters. The highest BCUT2D eigenvalue weighted by atomic mass is 31.2. The van der Waals surface area contributed by atoms with Gasteiger partial charge in [-0.15, -0.1) is 0 Å². The molecule has 1 aliphatic heterocycles. The van der Waals surface area contributed by atoms with Gasteiger partial charge in [-0.1, -0.05) is 91.0 Å². The Morgan fingerprint density at radius 1 is 0.724 bits per heavy atom. The minimum absolute atomic E-state index is 0.0582. The summed E-state index contributed by atoms with van der Waals surface area (Å²) in [6.07, 6.45) is -1.59. The lowest BCUT2D eigenvalue weighted by atomic mass is 10.00. The lowest BCUT2D eigenvalue weighted by molar-refractivity contribution is -0.127. The van der Waals surface area contributed by atoms with Gasteiger partial charge in [-0.3, -0.25) is 28.7 Å². The second kappa shape index (κ2) is 17.8. The number of carbonyl (C=O) groups is 3. The van der Waals surface area contributed by atoms with E-state index in [0.717, 1.165) is 0 Å². The average molecular weight is 796 g/mol. The summed E-state index contributed by atoms with van der Waals surface area (Å²) < 4.78 is 28.7. The van der Waals surface area contributed by atoms with Gasteiger partial charge in [0.2, 0.25) is 18.0 Å². The van der Waals surface area contributed by atoms with Gasteiger partial charge in [-0.2, -0.15) is 0 Å². The first kappa shape index (κ1) is 39.2. The van der Waals surface area contributed by atoms with Crippen LogP contribution in [0.15, 0.2) is 163 Å². The van der Waals surface area contributed by atoms with E-state index >= 15 is 0 Å². The Bertz CT molecular complexity index is 2470. The van der Waals surface area contributed by atoms with E-state index in [0.29, 0.717) is 56.5 Å². The summed E-state index contributed by atoms with van der Waals surface area (Å²) in [4.78, 5) is 57.8. The molecule has 6 aromatic rings. The topological polar surface area (TPSA) is 182 Å². The maximum Gasteiger partial charge on any atom is 0.527 e. The van der Waals surface area contributed by atoms with Gasteiger partial charge < -0.3 is 25.6 Å². The van der Waals surface area contributed by atoms with Crippen LogP contribution in [0.4, 0.5) is 17.1 Å². The third kappa shape index (κ3) is 10.2. The number of benzene rings is 6. The van der Waals surface area contributed by atoms with Gasteiger partial charge in [0, 0.05) is 22.5 Å². The lowest BCUT2D eigenvalue weighted by Gasteiger charge is -2.25. The minimum Gasteiger partial charge on any atom is -0.457 e. The van der Waals surface area contributed by atoms with Gasteiger partial charge in [-0.25, -0.2) is 9.56 Å². The van der Waals surface area contributed by atoms with Crippen molar-refractivity contribution in [3.8, 4) is 17.2 Å². The van der Waals surface area contributed by atoms with Crippen LogP contribution in [0.2, 0.25) is 0 Å². The largest absolute Gasteiger partial charge is 0.527 e. The van der Waals surface area contributed by atoms with E-state index in [-0.39, 0.29) is 25.3 Å². The Morgan fingerprint density at radius 2 is 1.34 bits per heavy atom. The van der Waals surface area contributed by atoms with Crippen molar-refractivity contribution in [2.45, 2.75) is 19.2 Å². The normalized spacial score (nSPS) is 14.6. The molecule has 5 N–H and O–H groups in total. The molecule has 1 heterocycles. The molecule has 14 heteroatoms. The molecule has 7 rings (SSSR count). The summed E-state index contributed by atoms with van der Waals surface area (Å²) in [7, 11) is -4.44. The van der Waals surface area contributed by atoms with Crippen LogP contribution < -0.4 is 30.5 Å². The molecule has 13 nitrogen and oxygen atoms in total. The highest BCUT2D eigenvalue weighted by Crippen LogP contribution is 2.44. The Labute approximate surface area is 334 Å². The van der Waals surface area contributed by atoms with Gasteiger partial charge in [0.25, 0.3) is 5.91 Å². The number of carbonyl (C=O) groups excluding carboxylic acids is 3. The number of hydrogen-bond acceptors (Lipinski definition) is 9. The molecule has 2 unspecified atom stereocenters. The van der Waals surface area contributed by atoms with E-state index in [9.17, 15) is 23.8 Å². The maximum absolute atomic E-state index is 14.4. The van der Waals surface area contributed by atoms with Crippen molar-refractivity contribution in [1.82, 2.24) is 5.32 Å². The number of hydrogen-bond donors (Lipinski definition) is 4. The number of fused-ring (bicyclic) bond motifs is 1. The zero-order valence-electron chi connectivity index (χ0n) is 30.9. The summed E-state index contributed by atoms with van der Waals surface area (Å²) in [5.74, 6) is -0.352. The fourth-order valence-corrected chi connectivity index (χ4v) is 6.83. The van der Waals surface area contributed by atoms with Gasteiger partial charge in [0.15, 0.2) is 0 Å². The van der Waals surface area contributed by atoms with E-state index in [4.69, 9.17) is 24.5 Å². The van der Waals surface area contributed by atoms with Crippen LogP contribution >= 0.6 is 7.82 Å². The minimum atomic E-state index is -4.44. The molecule has 3 amide bonds. The molecule has 0 saturated carbocycles. The molecular formula is C44H38N5O8P. The highest BCUT2D eigenvalue weighted by molar-refractivity contribution is 7.47. The number of para-hydroxylation sites is 2. The zero-order chi connectivity index (χ0) is 40.5. The first-order valence-corrected chi connectivity index (χ1v) is 19.6. The zero-order valence-corrected chi connectivity index (χ0v) is 31.8. The van der Waals surface area contributed by atoms with Crippen LogP contribution in [0.25, 0.3) is 0 Å². The maximum atomic E-state index is 14.4. The van der Waals surface area contributed by atoms with Crippen LogP contribution in [-0.2, 0) is 36.5 Å². The molecule has 1 aliphatic rings. The number of rotatable bonds is 14. The van der Waals surface area contributed by atoms with Crippen LogP contribution in [0, 0.1) is 0 Å². The summed E-state index contributed by atoms with van der Waals surface area (Å²) in [5.41, 5.74) is 10.3. The molecule has 6 aromatic carbocycles. The second-order valence-corrected chi connectivity index (χ2v) is 14.5. The Hall–Kier alpha value is -7.05. The Balaban J connectivity index is 1.06. The lowest BCUT2D eigenvalue weighted by Crippen LogP contribution is -2.49. The fraction of sp³-hybridized carbons (Fsp3) is 0.0909. The number of nitrogens with one attached hydrogen (secondary N) is 2. The van der Waals surface area contributed by atoms with E-state index in [1.165, 1.54) is 17.0 Å². The molecule has 0 aromatic heterocycles. The predicted octanol–water partition coefficient (Wildman–Crippen LogP) is 7.26. The molecule has 0 saturated heterocycles. The second-order valence-electron chi connectivity index (χ2n) is 13.1. The molecule has 58 heavy (non-hydrogen) atoms. The van der Waals surface area contributed by atoms with E-state index in [2.05, 4.69) is 10.6 Å². The van der Waals surface area contributed by atoms with Crippen molar-refractivity contribution in [1.29, 1.82) is 0 Å². The molecule has 0 radical (unpaired) electrons. The average Bonchev–Trinajstić information content (AvgIpc) is 3.33. The number of nitrogen functional groups attached to an aromatic ring is 1. The summed E-state index contributed by atoms with van der Waals surface area (Å²) in [6.45, 7) is -0.512. The number of ether oxygens (including phenoxy) is 1. The number of phosphoric ester groups is 1. The van der Waals surface area contributed by atoms with Crippen LogP contribution in [0.5, 0.6) is 17.2 Å². The highest BCUT2D eigenvalue weighted by Gasteiger charge is 2.34. The monoisotopic (exact) mass is 795 g/mol. The number of phosphoric acid groups is 1. The quantitative estimate of drug-likeness (QED) is 0.0651. The van der Waals surface area contributed by atoms with E-state index < -0.39 is 31.7 Å². The third-order valence-electron chi connectivity index (χ3n) is 8.85. The van der Waals surface area contributed by atoms with E-state index in [1.807, 2.05) is 36.4 Å². The first-order valence-electron chi connectivity index (χ1n) is 18.1. The van der Waals surface area contributed by atoms with Crippen molar-refractivity contribution in [2.75, 3.05) is 22.5 Å². The Morgan fingerprint density at radius 3 is 2.05 bits per heavy atom. The molecular weight excluding hydrogens is 757 g/mol. The van der Waals surface area contributed by atoms with Crippen molar-refractivity contribution >= 4 is 48.3 Å². The number of aliphatic imine (C=N–C) groups is 1. The van der Waals surface area contributed by atoms with Crippen LogP contribution in [0.1, 0.15) is 22.3 Å². The van der Waals surface area contributed by atoms with Crippen LogP contribution in [-0.4, -0.2) is 41.0 Å². The number of nitrogens with two attached hydrogens (primary N) is 1. The molecule has 0 fully saturated rings. The van der Waals surface area contributed by atoms with Gasteiger partial charge in [-0.05, 0) is 77.9 Å². The molecule has 292 valence electrons. The molecule has 0 spiro atoms. The smallest absolute Gasteiger partial charge is 0.457 e. The summed E-state index contributed by atoms with van der Waals surface area (Å²) in [6, 6.07) is 45.0. The number of anilines is 3. The SMILES string of the molecule is Nc1ccc(C2=NC(NC(=O)Cc3ccc(OP(=O)(O)OCc4ccccc4)cc3)C(=O)N(CC(=O)Nc3ccc(Oc4ccccc4)cc3)c3ccccc32)cc1. The standard InChI is InChI=1S/C44H38N5O8P/c45-33-19-17-32(18-20-33)42-38-13-7-8-14-39(38)49(28-41(51)46-34-21-25-36(26-22-34)56-35-11-5-2-6-12-35)44(52)43(48-42)47-40(50)27-30-15-23-37(24-16-30)57-58(53,54)55-29-31-9-3-1-4-10-31/h1-26,43H,27-29,45H2,(H,46,51)(H,47,50)(H,53,54). The van der Waals surface area contributed by atoms with Crippen molar-refractivity contribution in [2.24, 2.45) is 4.99 Å². The van der Waals surface area contributed by atoms with E-state index in [1.54, 1.807) is 109 Å². The van der Waals surface area contributed by atoms with Gasteiger partial charge in [0.1, 0.15) is 23.8 Å². The summed E-state index contributed by atoms with van der Waals surface area (Å²) in [5, 5.41) is 5.59. The van der Waals surface area contributed by atoms with Gasteiger partial charge in [0.05, 0.1) is 24.4 Å². The van der Waals surface area contributed by atoms with Crippen molar-refractivity contribution in [3.63, 3.8) is 0 Å². The fourth-order valence-electron chi connectivity index (χ4n) is 6.08. The van der Waals surface area contributed by atoms with Crippen LogP contribution in [0.3, 0.4) is 0 Å². The van der Waals surface area contributed by atoms with Gasteiger partial charge >= 0.3 is 7.82 Å². The number of benzodiazepines with no additional fused rings is 1. The van der Waals surface area contributed by atoms with Crippen molar-refractivity contribution < 1.29 is 37.6 Å². The first-order chi connectivity index (χ1) is 28.1. The molecule has 0 bridgehead atoms. The van der Waals surface area contributed by atoms with Crippen molar-refractivity contribution in [3.05, 3.63) is 180 Å². The molecule has 0 aliphatic carbocycles. The summed E-state index contributed by atoms with van der Waals surface area (Å²) >= 11 is 0. The number of nitrogens with zero attached hydrogens (tertiary/aromatic N) is 2. The predicted molar refractivity (Wildman–Crippen MR) is 221 cm³/mol.